The molecule has 3 rings (SSSR count). The van der Waals surface area contributed by atoms with Crippen LogP contribution in [0.25, 0.3) is 0 Å². The van der Waals surface area contributed by atoms with Gasteiger partial charge in [0, 0.05) is 45.8 Å². The number of carbonyl (C=O) groups is 1. The maximum absolute atomic E-state index is 12.1. The third-order valence-electron chi connectivity index (χ3n) is 5.89. The highest BCUT2D eigenvalue weighted by Crippen LogP contribution is 2.20. The van der Waals surface area contributed by atoms with Crippen molar-refractivity contribution in [3.8, 4) is 0 Å². The number of halogens is 1. The third-order valence-corrected chi connectivity index (χ3v) is 5.89. The first kappa shape index (κ1) is 23.9. The first-order chi connectivity index (χ1) is 13.6. The summed E-state index contributed by atoms with van der Waals surface area (Å²) in [5.74, 6) is 0.754. The number of piperidine rings is 1. The number of ether oxygens (including phenoxy) is 1. The average molecular weight is 514 g/mol. The number of benzene rings is 1. The number of fused-ring (bicyclic) bond motifs is 1. The molecule has 0 saturated carbocycles. The molecule has 29 heavy (non-hydrogen) atoms. The van der Waals surface area contributed by atoms with E-state index in [4.69, 9.17) is 4.74 Å². The van der Waals surface area contributed by atoms with E-state index in [-0.39, 0.29) is 35.9 Å². The van der Waals surface area contributed by atoms with E-state index in [0.717, 1.165) is 51.4 Å². The molecule has 1 saturated heterocycles. The predicted octanol–water partition coefficient (Wildman–Crippen LogP) is 2.90. The van der Waals surface area contributed by atoms with Crippen LogP contribution in [0.15, 0.2) is 29.3 Å². The standard InChI is InChI=1S/C22H34N4O2.HI/c1-4-28-21(27)20-10-7-12-26(16-20)22(23-3)24-14-17(2)25-13-11-18-8-5-6-9-19(18)15-25;/h5-6,8-9,17,20H,4,7,10-16H2,1-3H3,(H,23,24);1H. The fraction of sp³-hybridized carbons (Fsp3) is 0.636. The molecule has 0 aliphatic carbocycles. The minimum absolute atomic E-state index is 0. The lowest BCUT2D eigenvalue weighted by molar-refractivity contribution is -0.149. The molecule has 2 atom stereocenters. The molecule has 2 unspecified atom stereocenters. The van der Waals surface area contributed by atoms with E-state index in [1.54, 1.807) is 0 Å². The molecule has 0 bridgehead atoms. The summed E-state index contributed by atoms with van der Waals surface area (Å²) in [6.07, 6.45) is 3.00. The summed E-state index contributed by atoms with van der Waals surface area (Å²) in [6.45, 7) is 9.13. The predicted molar refractivity (Wildman–Crippen MR) is 128 cm³/mol. The number of hydrogen-bond acceptors (Lipinski definition) is 4. The van der Waals surface area contributed by atoms with Gasteiger partial charge < -0.3 is 15.0 Å². The van der Waals surface area contributed by atoms with Gasteiger partial charge in [0.05, 0.1) is 12.5 Å². The summed E-state index contributed by atoms with van der Waals surface area (Å²) in [4.78, 5) is 21.3. The summed E-state index contributed by atoms with van der Waals surface area (Å²) in [5.41, 5.74) is 2.92. The van der Waals surface area contributed by atoms with Crippen molar-refractivity contribution in [2.75, 3.05) is 39.8 Å². The topological polar surface area (TPSA) is 57.2 Å². The van der Waals surface area contributed by atoms with Crippen LogP contribution in [0.5, 0.6) is 0 Å². The van der Waals surface area contributed by atoms with Gasteiger partial charge in [-0.1, -0.05) is 24.3 Å². The van der Waals surface area contributed by atoms with Crippen molar-refractivity contribution in [2.24, 2.45) is 10.9 Å². The molecule has 1 fully saturated rings. The van der Waals surface area contributed by atoms with Crippen molar-refractivity contribution < 1.29 is 9.53 Å². The molecular formula is C22H35IN4O2. The Morgan fingerprint density at radius 3 is 2.79 bits per heavy atom. The van der Waals surface area contributed by atoms with E-state index in [9.17, 15) is 4.79 Å². The SMILES string of the molecule is CCOC(=O)C1CCCN(C(=NC)NCC(C)N2CCc3ccccc3C2)C1.I. The molecule has 1 aromatic carbocycles. The number of esters is 1. The zero-order chi connectivity index (χ0) is 19.9. The van der Waals surface area contributed by atoms with Crippen LogP contribution in [0.1, 0.15) is 37.8 Å². The molecule has 1 N–H and O–H groups in total. The van der Waals surface area contributed by atoms with Crippen LogP contribution >= 0.6 is 24.0 Å². The number of nitrogens with one attached hydrogen (secondary N) is 1. The van der Waals surface area contributed by atoms with Gasteiger partial charge in [0.25, 0.3) is 0 Å². The van der Waals surface area contributed by atoms with Gasteiger partial charge >= 0.3 is 5.97 Å². The van der Waals surface area contributed by atoms with Crippen molar-refractivity contribution in [1.82, 2.24) is 15.1 Å². The van der Waals surface area contributed by atoms with E-state index >= 15 is 0 Å². The number of nitrogens with zero attached hydrogens (tertiary/aromatic N) is 3. The average Bonchev–Trinajstić information content (AvgIpc) is 2.74. The first-order valence-corrected chi connectivity index (χ1v) is 10.6. The minimum Gasteiger partial charge on any atom is -0.466 e. The number of aliphatic imine (C=N–C) groups is 1. The lowest BCUT2D eigenvalue weighted by Crippen LogP contribution is -2.51. The molecule has 2 aliphatic heterocycles. The quantitative estimate of drug-likeness (QED) is 0.284. The normalized spacial score (nSPS) is 21.0. The third kappa shape index (κ3) is 6.31. The minimum atomic E-state index is -0.0806. The lowest BCUT2D eigenvalue weighted by Gasteiger charge is -2.36. The summed E-state index contributed by atoms with van der Waals surface area (Å²) in [7, 11) is 1.82. The highest BCUT2D eigenvalue weighted by atomic mass is 127. The molecule has 0 radical (unpaired) electrons. The van der Waals surface area contributed by atoms with Crippen LogP contribution in [0.3, 0.4) is 0 Å². The van der Waals surface area contributed by atoms with Crippen LogP contribution in [-0.4, -0.2) is 67.6 Å². The van der Waals surface area contributed by atoms with Crippen molar-refractivity contribution in [1.29, 1.82) is 0 Å². The summed E-state index contributed by atoms with van der Waals surface area (Å²) < 4.78 is 5.22. The Morgan fingerprint density at radius 2 is 2.07 bits per heavy atom. The Bertz CT molecular complexity index is 697. The van der Waals surface area contributed by atoms with E-state index in [2.05, 4.69) is 51.3 Å². The molecule has 6 nitrogen and oxygen atoms in total. The number of hydrogen-bond donors (Lipinski definition) is 1. The molecule has 162 valence electrons. The molecule has 0 aromatic heterocycles. The Hall–Kier alpha value is -1.35. The molecular weight excluding hydrogens is 479 g/mol. The van der Waals surface area contributed by atoms with E-state index in [1.807, 2.05) is 14.0 Å². The van der Waals surface area contributed by atoms with Crippen LogP contribution in [0.4, 0.5) is 0 Å². The Labute approximate surface area is 192 Å². The van der Waals surface area contributed by atoms with Crippen molar-refractivity contribution in [3.05, 3.63) is 35.4 Å². The highest BCUT2D eigenvalue weighted by molar-refractivity contribution is 14.0. The first-order valence-electron chi connectivity index (χ1n) is 10.6. The van der Waals surface area contributed by atoms with Crippen LogP contribution in [-0.2, 0) is 22.5 Å². The van der Waals surface area contributed by atoms with Gasteiger partial charge in [-0.3, -0.25) is 14.7 Å². The monoisotopic (exact) mass is 514 g/mol. The van der Waals surface area contributed by atoms with Gasteiger partial charge in [-0.2, -0.15) is 0 Å². The maximum Gasteiger partial charge on any atom is 0.310 e. The zero-order valence-corrected chi connectivity index (χ0v) is 20.2. The zero-order valence-electron chi connectivity index (χ0n) is 17.9. The summed E-state index contributed by atoms with van der Waals surface area (Å²) >= 11 is 0. The fourth-order valence-electron chi connectivity index (χ4n) is 4.22. The van der Waals surface area contributed by atoms with Crippen LogP contribution in [0.2, 0.25) is 0 Å². The number of rotatable bonds is 5. The van der Waals surface area contributed by atoms with E-state index in [1.165, 1.54) is 11.1 Å². The van der Waals surface area contributed by atoms with Crippen molar-refractivity contribution in [2.45, 2.75) is 45.7 Å². The summed E-state index contributed by atoms with van der Waals surface area (Å²) in [5, 5.41) is 3.53. The lowest BCUT2D eigenvalue weighted by atomic mass is 9.98. The van der Waals surface area contributed by atoms with Gasteiger partial charge in [0.1, 0.15) is 0 Å². The van der Waals surface area contributed by atoms with Gasteiger partial charge in [0.2, 0.25) is 0 Å². The van der Waals surface area contributed by atoms with Gasteiger partial charge in [-0.25, -0.2) is 0 Å². The van der Waals surface area contributed by atoms with Crippen molar-refractivity contribution in [3.63, 3.8) is 0 Å². The van der Waals surface area contributed by atoms with E-state index in [0.29, 0.717) is 19.2 Å². The second kappa shape index (κ2) is 11.7. The Morgan fingerprint density at radius 1 is 1.31 bits per heavy atom. The maximum atomic E-state index is 12.1. The smallest absolute Gasteiger partial charge is 0.310 e. The summed E-state index contributed by atoms with van der Waals surface area (Å²) in [6, 6.07) is 9.16. The molecule has 0 amide bonds. The Balaban J connectivity index is 0.00000300. The van der Waals surface area contributed by atoms with Crippen LogP contribution in [0, 0.1) is 5.92 Å². The molecule has 7 heteroatoms. The second-order valence-electron chi connectivity index (χ2n) is 7.80. The number of carbonyl (C=O) groups excluding carboxylic acids is 1. The highest BCUT2D eigenvalue weighted by Gasteiger charge is 2.29. The Kier molecular flexibility index (Phi) is 9.68. The van der Waals surface area contributed by atoms with Gasteiger partial charge in [-0.15, -0.1) is 24.0 Å². The second-order valence-corrected chi connectivity index (χ2v) is 7.80. The largest absolute Gasteiger partial charge is 0.466 e. The molecule has 2 aliphatic rings. The van der Waals surface area contributed by atoms with Gasteiger partial charge in [-0.05, 0) is 44.2 Å². The van der Waals surface area contributed by atoms with E-state index < -0.39 is 0 Å². The molecule has 0 spiro atoms. The molecule has 2 heterocycles. The van der Waals surface area contributed by atoms with Crippen LogP contribution < -0.4 is 5.32 Å². The fourth-order valence-corrected chi connectivity index (χ4v) is 4.22. The number of guanidine groups is 1. The number of likely N-dealkylation sites (tertiary alicyclic amines) is 1. The van der Waals surface area contributed by atoms with Gasteiger partial charge in [0.15, 0.2) is 5.96 Å². The molecule has 1 aromatic rings. The van der Waals surface area contributed by atoms with Crippen molar-refractivity contribution >= 4 is 35.9 Å².